The maximum atomic E-state index is 11.2. The zero-order valence-corrected chi connectivity index (χ0v) is 8.05. The summed E-state index contributed by atoms with van der Waals surface area (Å²) in [6.45, 7) is 0. The van der Waals surface area contributed by atoms with Crippen molar-refractivity contribution < 1.29 is 9.90 Å². The van der Waals surface area contributed by atoms with Gasteiger partial charge in [-0.05, 0) is 25.0 Å². The van der Waals surface area contributed by atoms with Crippen molar-refractivity contribution in [1.29, 1.82) is 0 Å². The summed E-state index contributed by atoms with van der Waals surface area (Å²) in [6.07, 6.45) is 4.97. The molecule has 76 valence electrons. The lowest BCUT2D eigenvalue weighted by Gasteiger charge is -2.08. The second-order valence-corrected chi connectivity index (χ2v) is 3.96. The third kappa shape index (κ3) is 1.02. The highest BCUT2D eigenvalue weighted by molar-refractivity contribution is 5.84. The van der Waals surface area contributed by atoms with Gasteiger partial charge >= 0.3 is 5.97 Å². The molecule has 0 aromatic carbocycles. The molecule has 1 fully saturated rings. The van der Waals surface area contributed by atoms with E-state index in [1.807, 2.05) is 28.8 Å². The number of aliphatic carboxylic acids is 1. The van der Waals surface area contributed by atoms with Crippen LogP contribution in [0, 0.1) is 0 Å². The molecule has 1 N–H and O–H groups in total. The molecular formula is C11H10N2O2. The van der Waals surface area contributed by atoms with Crippen LogP contribution in [0.5, 0.6) is 0 Å². The second kappa shape index (κ2) is 2.59. The number of hydrogen-bond donors (Lipinski definition) is 1. The predicted octanol–water partition coefficient (Wildman–Crippen LogP) is 1.45. The van der Waals surface area contributed by atoms with E-state index in [2.05, 4.69) is 4.98 Å². The number of rotatable bonds is 2. The van der Waals surface area contributed by atoms with Gasteiger partial charge in [0.05, 0.1) is 11.9 Å². The van der Waals surface area contributed by atoms with Crippen LogP contribution in [0.25, 0.3) is 5.65 Å². The fourth-order valence-electron chi connectivity index (χ4n) is 1.99. The smallest absolute Gasteiger partial charge is 0.315 e. The first-order valence-corrected chi connectivity index (χ1v) is 4.90. The van der Waals surface area contributed by atoms with Crippen LogP contribution in [0.3, 0.4) is 0 Å². The number of carboxylic acid groups (broad SMARTS) is 1. The summed E-state index contributed by atoms with van der Waals surface area (Å²) in [6, 6.07) is 5.66. The lowest BCUT2D eigenvalue weighted by molar-refractivity contribution is -0.140. The first-order chi connectivity index (χ1) is 7.24. The number of nitrogens with zero attached hydrogens (tertiary/aromatic N) is 2. The molecule has 2 aromatic heterocycles. The van der Waals surface area contributed by atoms with Gasteiger partial charge in [0, 0.05) is 6.20 Å². The molecule has 15 heavy (non-hydrogen) atoms. The molecule has 0 radical (unpaired) electrons. The molecule has 3 rings (SSSR count). The SMILES string of the molecule is O=C(O)C1(c2cnc3ccccn23)CC1. The normalized spacial score (nSPS) is 17.9. The van der Waals surface area contributed by atoms with Gasteiger partial charge in [0.2, 0.25) is 0 Å². The highest BCUT2D eigenvalue weighted by atomic mass is 16.4. The first-order valence-electron chi connectivity index (χ1n) is 4.90. The van der Waals surface area contributed by atoms with E-state index < -0.39 is 11.4 Å². The Hall–Kier alpha value is -1.84. The van der Waals surface area contributed by atoms with Gasteiger partial charge in [-0.1, -0.05) is 6.07 Å². The lowest BCUT2D eigenvalue weighted by Crippen LogP contribution is -2.21. The Labute approximate surface area is 86.2 Å². The van der Waals surface area contributed by atoms with Crippen LogP contribution in [-0.2, 0) is 10.2 Å². The van der Waals surface area contributed by atoms with Gasteiger partial charge < -0.3 is 9.51 Å². The van der Waals surface area contributed by atoms with Crippen LogP contribution in [-0.4, -0.2) is 20.5 Å². The van der Waals surface area contributed by atoms with Gasteiger partial charge in [-0.2, -0.15) is 0 Å². The van der Waals surface area contributed by atoms with Crippen LogP contribution >= 0.6 is 0 Å². The van der Waals surface area contributed by atoms with Gasteiger partial charge in [0.15, 0.2) is 0 Å². The lowest BCUT2D eigenvalue weighted by atomic mass is 10.0. The molecule has 1 saturated carbocycles. The Morgan fingerprint density at radius 3 is 2.93 bits per heavy atom. The maximum absolute atomic E-state index is 11.2. The van der Waals surface area contributed by atoms with E-state index in [9.17, 15) is 9.90 Å². The largest absolute Gasteiger partial charge is 0.481 e. The van der Waals surface area contributed by atoms with Gasteiger partial charge in [-0.15, -0.1) is 0 Å². The standard InChI is InChI=1S/C11H10N2O2/c14-10(15)11(4-5-11)8-7-12-9-3-1-2-6-13(8)9/h1-3,6-7H,4-5H2,(H,14,15). The van der Waals surface area contributed by atoms with E-state index in [1.54, 1.807) is 6.20 Å². The Balaban J connectivity index is 2.24. The van der Waals surface area contributed by atoms with Crippen molar-refractivity contribution in [2.24, 2.45) is 0 Å². The van der Waals surface area contributed by atoms with Crippen LogP contribution in [0.2, 0.25) is 0 Å². The average Bonchev–Trinajstić information content (AvgIpc) is 2.93. The molecule has 0 amide bonds. The fraction of sp³-hybridized carbons (Fsp3) is 0.273. The number of pyridine rings is 1. The van der Waals surface area contributed by atoms with Crippen LogP contribution in [0.15, 0.2) is 30.6 Å². The Bertz CT molecular complexity index is 540. The number of hydrogen-bond acceptors (Lipinski definition) is 2. The number of fused-ring (bicyclic) bond motifs is 1. The van der Waals surface area contributed by atoms with Crippen molar-refractivity contribution in [1.82, 2.24) is 9.38 Å². The van der Waals surface area contributed by atoms with Crippen molar-refractivity contribution in [3.05, 3.63) is 36.3 Å². The summed E-state index contributed by atoms with van der Waals surface area (Å²) in [5, 5.41) is 9.19. The highest BCUT2D eigenvalue weighted by Gasteiger charge is 2.53. The number of aromatic nitrogens is 2. The van der Waals surface area contributed by atoms with E-state index >= 15 is 0 Å². The van der Waals surface area contributed by atoms with Crippen molar-refractivity contribution in [3.8, 4) is 0 Å². The minimum Gasteiger partial charge on any atom is -0.481 e. The topological polar surface area (TPSA) is 54.6 Å². The average molecular weight is 202 g/mol. The third-order valence-electron chi connectivity index (χ3n) is 3.07. The quantitative estimate of drug-likeness (QED) is 0.801. The molecule has 0 spiro atoms. The fourth-order valence-corrected chi connectivity index (χ4v) is 1.99. The Morgan fingerprint density at radius 1 is 1.47 bits per heavy atom. The highest BCUT2D eigenvalue weighted by Crippen LogP contribution is 2.48. The molecule has 0 atom stereocenters. The van der Waals surface area contributed by atoms with Crippen LogP contribution in [0.4, 0.5) is 0 Å². The summed E-state index contributed by atoms with van der Waals surface area (Å²) >= 11 is 0. The van der Waals surface area contributed by atoms with Crippen molar-refractivity contribution in [2.45, 2.75) is 18.3 Å². The van der Waals surface area contributed by atoms with Crippen molar-refractivity contribution in [2.75, 3.05) is 0 Å². The van der Waals surface area contributed by atoms with E-state index in [4.69, 9.17) is 0 Å². The molecule has 4 nitrogen and oxygen atoms in total. The molecule has 0 unspecified atom stereocenters. The molecule has 0 bridgehead atoms. The minimum atomic E-state index is -0.742. The van der Waals surface area contributed by atoms with Gasteiger partial charge in [0.25, 0.3) is 0 Å². The molecule has 1 aliphatic rings. The number of imidazole rings is 1. The Morgan fingerprint density at radius 2 is 2.27 bits per heavy atom. The molecular weight excluding hydrogens is 192 g/mol. The van der Waals surface area contributed by atoms with Gasteiger partial charge in [-0.3, -0.25) is 4.79 Å². The number of carboxylic acids is 1. The predicted molar refractivity (Wildman–Crippen MR) is 53.7 cm³/mol. The summed E-state index contributed by atoms with van der Waals surface area (Å²) in [4.78, 5) is 15.4. The van der Waals surface area contributed by atoms with Crippen LogP contribution in [0.1, 0.15) is 18.5 Å². The zero-order chi connectivity index (χ0) is 10.5. The van der Waals surface area contributed by atoms with Crippen LogP contribution < -0.4 is 0 Å². The summed E-state index contributed by atoms with van der Waals surface area (Å²) in [5.74, 6) is -0.742. The maximum Gasteiger partial charge on any atom is 0.315 e. The summed E-state index contributed by atoms with van der Waals surface area (Å²) in [5.41, 5.74) is 0.923. The van der Waals surface area contributed by atoms with Crippen molar-refractivity contribution in [3.63, 3.8) is 0 Å². The van der Waals surface area contributed by atoms with Gasteiger partial charge in [0.1, 0.15) is 11.1 Å². The molecule has 0 saturated heterocycles. The Kier molecular flexibility index (Phi) is 1.46. The summed E-state index contributed by atoms with van der Waals surface area (Å²) < 4.78 is 1.86. The van der Waals surface area contributed by atoms with Gasteiger partial charge in [-0.25, -0.2) is 4.98 Å². The molecule has 0 aliphatic heterocycles. The number of carbonyl (C=O) groups is 1. The van der Waals surface area contributed by atoms with E-state index in [-0.39, 0.29) is 0 Å². The second-order valence-electron chi connectivity index (χ2n) is 3.96. The third-order valence-corrected chi connectivity index (χ3v) is 3.07. The van der Waals surface area contributed by atoms with Crippen molar-refractivity contribution >= 4 is 11.6 Å². The minimum absolute atomic E-state index is 0.680. The molecule has 1 aliphatic carbocycles. The first kappa shape index (κ1) is 8.47. The molecule has 2 heterocycles. The molecule has 4 heteroatoms. The van der Waals surface area contributed by atoms with E-state index in [0.29, 0.717) is 12.8 Å². The van der Waals surface area contributed by atoms with E-state index in [1.165, 1.54) is 0 Å². The molecule has 2 aromatic rings. The zero-order valence-electron chi connectivity index (χ0n) is 8.05. The van der Waals surface area contributed by atoms with E-state index in [0.717, 1.165) is 11.3 Å². The monoisotopic (exact) mass is 202 g/mol. The summed E-state index contributed by atoms with van der Waals surface area (Å²) in [7, 11) is 0.